The first-order chi connectivity index (χ1) is 26.9. The number of rotatable bonds is 10. The van der Waals surface area contributed by atoms with Crippen LogP contribution in [0.4, 0.5) is 22.0 Å². The highest BCUT2D eigenvalue weighted by atomic mass is 35.5. The maximum absolute atomic E-state index is 14.2. The minimum atomic E-state index is -2.34. The van der Waals surface area contributed by atoms with Crippen LogP contribution in [-0.4, -0.2) is 46.8 Å². The molecule has 0 unspecified atom stereocenters. The topological polar surface area (TPSA) is 91.3 Å². The summed E-state index contributed by atoms with van der Waals surface area (Å²) >= 11 is 6.07. The second kappa shape index (κ2) is 16.8. The third-order valence-electron chi connectivity index (χ3n) is 10.5. The number of likely N-dealkylation sites (tertiary alicyclic amines) is 1. The van der Waals surface area contributed by atoms with Gasteiger partial charge >= 0.3 is 0 Å². The van der Waals surface area contributed by atoms with Crippen molar-refractivity contribution in [3.8, 4) is 11.1 Å². The molecule has 0 bridgehead atoms. The van der Waals surface area contributed by atoms with Gasteiger partial charge < -0.3 is 29.9 Å². The zero-order chi connectivity index (χ0) is 39.6. The van der Waals surface area contributed by atoms with E-state index < -0.39 is 52.4 Å². The first kappa shape index (κ1) is 39.5. The van der Waals surface area contributed by atoms with Gasteiger partial charge in [0.05, 0.1) is 24.4 Å². The van der Waals surface area contributed by atoms with E-state index in [0.717, 1.165) is 33.4 Å². The average Bonchev–Trinajstić information content (AvgIpc) is 3.22. The molecule has 2 saturated heterocycles. The van der Waals surface area contributed by atoms with Gasteiger partial charge in [0.15, 0.2) is 29.6 Å². The van der Waals surface area contributed by atoms with Gasteiger partial charge in [-0.1, -0.05) is 90.5 Å². The van der Waals surface area contributed by atoms with E-state index in [4.69, 9.17) is 21.1 Å². The summed E-state index contributed by atoms with van der Waals surface area (Å²) in [6.45, 7) is 1.67. The normalized spacial score (nSPS) is 19.8. The molecule has 1 amide bonds. The monoisotopic (exact) mass is 792 g/mol. The Hall–Kier alpha value is -4.69. The van der Waals surface area contributed by atoms with E-state index >= 15 is 0 Å². The number of carbonyl (C=O) groups is 1. The number of ether oxygens (including phenoxy) is 2. The number of benzene rings is 5. The molecule has 2 aliphatic heterocycles. The van der Waals surface area contributed by atoms with Crippen LogP contribution < -0.4 is 5.32 Å². The van der Waals surface area contributed by atoms with Crippen LogP contribution >= 0.6 is 11.6 Å². The molecule has 7 nitrogen and oxygen atoms in total. The molecule has 292 valence electrons. The van der Waals surface area contributed by atoms with Gasteiger partial charge in [-0.3, -0.25) is 4.79 Å². The summed E-state index contributed by atoms with van der Waals surface area (Å²) in [6.07, 6.45) is 0.526. The number of hydrogen-bond donors (Lipinski definition) is 3. The number of aliphatic hydroxyl groups is 2. The Balaban J connectivity index is 1.04. The SMILES string of the molecule is O=C(NCc1cccc(-c2ccc([C@H]3O[C@@H](CN4CCC(O)(c5ccc(Cl)cc5)CC4)C[C@@H](c4ccc(CO)cc4)O3)cc2)c1)c1c(F)c(F)c(F)c(F)c1F. The van der Waals surface area contributed by atoms with Gasteiger partial charge in [-0.2, -0.15) is 0 Å². The van der Waals surface area contributed by atoms with E-state index in [1.54, 1.807) is 30.3 Å². The van der Waals surface area contributed by atoms with E-state index in [2.05, 4.69) is 10.2 Å². The summed E-state index contributed by atoms with van der Waals surface area (Å²) in [5.41, 5.74) is 2.95. The Bertz CT molecular complexity index is 2150. The van der Waals surface area contributed by atoms with E-state index in [1.165, 1.54) is 0 Å². The van der Waals surface area contributed by atoms with Crippen molar-refractivity contribution in [3.05, 3.63) is 165 Å². The maximum atomic E-state index is 14.2. The molecule has 13 heteroatoms. The second-order valence-electron chi connectivity index (χ2n) is 14.1. The molecule has 0 aromatic heterocycles. The Kier molecular flexibility index (Phi) is 11.9. The van der Waals surface area contributed by atoms with Gasteiger partial charge in [0.2, 0.25) is 5.82 Å². The Morgan fingerprint density at radius 3 is 2.04 bits per heavy atom. The summed E-state index contributed by atoms with van der Waals surface area (Å²) in [6, 6.07) is 29.4. The van der Waals surface area contributed by atoms with Crippen LogP contribution in [0, 0.1) is 29.1 Å². The lowest BCUT2D eigenvalue weighted by Crippen LogP contribution is -2.46. The van der Waals surface area contributed by atoms with Crippen molar-refractivity contribution in [2.24, 2.45) is 0 Å². The third kappa shape index (κ3) is 8.51. The third-order valence-corrected chi connectivity index (χ3v) is 10.7. The average molecular weight is 793 g/mol. The molecular weight excluding hydrogens is 755 g/mol. The van der Waals surface area contributed by atoms with E-state index in [-0.39, 0.29) is 25.4 Å². The molecule has 3 atom stereocenters. The molecule has 5 aromatic carbocycles. The fourth-order valence-corrected chi connectivity index (χ4v) is 7.37. The van der Waals surface area contributed by atoms with Crippen molar-refractivity contribution in [2.75, 3.05) is 19.6 Å². The fourth-order valence-electron chi connectivity index (χ4n) is 7.24. The maximum Gasteiger partial charge on any atom is 0.257 e. The molecule has 2 aliphatic rings. The minimum Gasteiger partial charge on any atom is -0.392 e. The van der Waals surface area contributed by atoms with Crippen LogP contribution in [0.5, 0.6) is 0 Å². The molecule has 0 saturated carbocycles. The summed E-state index contributed by atoms with van der Waals surface area (Å²) in [5, 5.41) is 23.8. The van der Waals surface area contributed by atoms with Crippen LogP contribution in [0.25, 0.3) is 11.1 Å². The van der Waals surface area contributed by atoms with Crippen LogP contribution in [0.3, 0.4) is 0 Å². The minimum absolute atomic E-state index is 0.0696. The van der Waals surface area contributed by atoms with E-state index in [0.29, 0.717) is 49.5 Å². The molecule has 0 radical (unpaired) electrons. The number of hydrogen-bond acceptors (Lipinski definition) is 6. The van der Waals surface area contributed by atoms with Crippen molar-refractivity contribution in [1.82, 2.24) is 10.2 Å². The largest absolute Gasteiger partial charge is 0.392 e. The molecule has 56 heavy (non-hydrogen) atoms. The molecule has 2 fully saturated rings. The number of halogens is 6. The highest BCUT2D eigenvalue weighted by Gasteiger charge is 2.37. The van der Waals surface area contributed by atoms with Gasteiger partial charge in [0, 0.05) is 43.2 Å². The van der Waals surface area contributed by atoms with Crippen LogP contribution in [0.2, 0.25) is 5.02 Å². The smallest absolute Gasteiger partial charge is 0.257 e. The molecular formula is C43H38ClF5N2O5. The molecule has 0 aliphatic carbocycles. The van der Waals surface area contributed by atoms with Crippen molar-refractivity contribution in [3.63, 3.8) is 0 Å². The fraction of sp³-hybridized carbons (Fsp3) is 0.279. The van der Waals surface area contributed by atoms with Gasteiger partial charge in [0.1, 0.15) is 5.56 Å². The van der Waals surface area contributed by atoms with Crippen molar-refractivity contribution >= 4 is 17.5 Å². The first-order valence-corrected chi connectivity index (χ1v) is 18.5. The number of amides is 1. The number of aliphatic hydroxyl groups excluding tert-OH is 1. The zero-order valence-corrected chi connectivity index (χ0v) is 30.7. The van der Waals surface area contributed by atoms with Crippen LogP contribution in [0.1, 0.15) is 69.8 Å². The van der Waals surface area contributed by atoms with E-state index in [1.807, 2.05) is 66.7 Å². The van der Waals surface area contributed by atoms with Crippen molar-refractivity contribution in [2.45, 2.75) is 56.5 Å². The number of piperidine rings is 1. The van der Waals surface area contributed by atoms with Gasteiger partial charge in [-0.15, -0.1) is 0 Å². The van der Waals surface area contributed by atoms with Crippen molar-refractivity contribution < 1.29 is 46.4 Å². The highest BCUT2D eigenvalue weighted by Crippen LogP contribution is 2.40. The summed E-state index contributed by atoms with van der Waals surface area (Å²) in [7, 11) is 0. The van der Waals surface area contributed by atoms with Crippen LogP contribution in [-0.2, 0) is 28.2 Å². The second-order valence-corrected chi connectivity index (χ2v) is 14.6. The first-order valence-electron chi connectivity index (χ1n) is 18.1. The Morgan fingerprint density at radius 2 is 1.39 bits per heavy atom. The lowest BCUT2D eigenvalue weighted by molar-refractivity contribution is -0.253. The molecule has 0 spiro atoms. The van der Waals surface area contributed by atoms with Gasteiger partial charge in [-0.05, 0) is 64.4 Å². The van der Waals surface area contributed by atoms with Gasteiger partial charge in [0.25, 0.3) is 5.91 Å². The predicted octanol–water partition coefficient (Wildman–Crippen LogP) is 8.65. The van der Waals surface area contributed by atoms with Crippen LogP contribution in [0.15, 0.2) is 97.1 Å². The molecule has 3 N–H and O–H groups in total. The lowest BCUT2D eigenvalue weighted by atomic mass is 9.84. The van der Waals surface area contributed by atoms with Crippen molar-refractivity contribution in [1.29, 1.82) is 0 Å². The predicted molar refractivity (Wildman–Crippen MR) is 199 cm³/mol. The van der Waals surface area contributed by atoms with E-state index in [9.17, 15) is 37.0 Å². The quantitative estimate of drug-likeness (QED) is 0.0746. The zero-order valence-electron chi connectivity index (χ0n) is 30.0. The van der Waals surface area contributed by atoms with Gasteiger partial charge in [-0.25, -0.2) is 22.0 Å². The Morgan fingerprint density at radius 1 is 0.768 bits per heavy atom. The highest BCUT2D eigenvalue weighted by molar-refractivity contribution is 6.30. The number of nitrogens with one attached hydrogen (secondary N) is 1. The lowest BCUT2D eigenvalue weighted by Gasteiger charge is -2.42. The summed E-state index contributed by atoms with van der Waals surface area (Å²) < 4.78 is 82.2. The number of nitrogens with zero attached hydrogens (tertiary/aromatic N) is 1. The Labute approximate surface area is 325 Å². The molecule has 2 heterocycles. The summed E-state index contributed by atoms with van der Waals surface area (Å²) in [5.74, 6) is -12.6. The number of carbonyl (C=O) groups excluding carboxylic acids is 1. The summed E-state index contributed by atoms with van der Waals surface area (Å²) in [4.78, 5) is 14.8. The molecule has 7 rings (SSSR count). The molecule has 5 aromatic rings. The standard InChI is InChI=1S/C43H38ClF5N2O5/c44-32-14-12-31(13-15-32)43(54)16-18-51(19-17-43)23-33-21-34(28-6-4-25(24-52)5-7-28)56-42(55-33)29-10-8-27(9-11-29)30-3-1-2-26(20-30)22-50-41(53)35-36(45)38(47)40(49)39(48)37(35)46/h1-15,20,33-34,42,52,54H,16-19,21-24H2,(H,50,53)/t33-,34+,42+/m1/s1.